The number of rotatable bonds is 9. The Morgan fingerprint density at radius 3 is 1.32 bits per heavy atom. The second-order valence-corrected chi connectivity index (χ2v) is 7.06. The third kappa shape index (κ3) is 8.97. The van der Waals surface area contributed by atoms with Gasteiger partial charge in [-0.2, -0.15) is 0 Å². The van der Waals surface area contributed by atoms with Crippen LogP contribution in [-0.2, 0) is 0 Å². The third-order valence-electron chi connectivity index (χ3n) is 3.88. The molecule has 0 aromatic heterocycles. The van der Waals surface area contributed by atoms with Gasteiger partial charge in [0.05, 0.1) is 0 Å². The van der Waals surface area contributed by atoms with Crippen LogP contribution in [0.1, 0.15) is 25.7 Å². The summed E-state index contributed by atoms with van der Waals surface area (Å²) < 4.78 is 0. The first kappa shape index (κ1) is 21.9. The van der Waals surface area contributed by atoms with Gasteiger partial charge in [0.2, 0.25) is 0 Å². The molecular weight excluding hydrogens is 399 g/mol. The van der Waals surface area contributed by atoms with Crippen LogP contribution in [-0.4, -0.2) is 25.2 Å². The Morgan fingerprint density at radius 2 is 0.964 bits per heavy atom. The summed E-state index contributed by atoms with van der Waals surface area (Å²) in [5.41, 5.74) is 1.40. The van der Waals surface area contributed by atoms with Gasteiger partial charge in [-0.3, -0.25) is 0 Å². The molecule has 4 N–H and O–H groups in total. The van der Waals surface area contributed by atoms with E-state index in [9.17, 15) is 9.59 Å². The van der Waals surface area contributed by atoms with Crippen molar-refractivity contribution in [1.82, 2.24) is 10.6 Å². The normalized spacial score (nSPS) is 10.2. The molecule has 2 rings (SSSR count). The van der Waals surface area contributed by atoms with Crippen molar-refractivity contribution < 1.29 is 9.59 Å². The molecule has 0 aliphatic rings. The number of carbonyl (C=O) groups is 2. The summed E-state index contributed by atoms with van der Waals surface area (Å²) in [5.74, 6) is 0. The van der Waals surface area contributed by atoms with E-state index < -0.39 is 0 Å². The maximum absolute atomic E-state index is 11.8. The second kappa shape index (κ2) is 12.1. The molecule has 4 amide bonds. The van der Waals surface area contributed by atoms with Gasteiger partial charge < -0.3 is 21.3 Å². The largest absolute Gasteiger partial charge is 0.338 e. The Labute approximate surface area is 175 Å². The zero-order chi connectivity index (χ0) is 20.2. The van der Waals surface area contributed by atoms with Crippen molar-refractivity contribution >= 4 is 46.6 Å². The Morgan fingerprint density at radius 1 is 0.607 bits per heavy atom. The summed E-state index contributed by atoms with van der Waals surface area (Å²) in [5, 5.41) is 12.4. The van der Waals surface area contributed by atoms with Crippen molar-refractivity contribution in [3.05, 3.63) is 58.6 Å². The summed E-state index contributed by atoms with van der Waals surface area (Å²) in [6.45, 7) is 1.20. The smallest absolute Gasteiger partial charge is 0.319 e. The van der Waals surface area contributed by atoms with Gasteiger partial charge in [-0.15, -0.1) is 0 Å². The van der Waals surface area contributed by atoms with Crippen LogP contribution in [0.3, 0.4) is 0 Å². The van der Waals surface area contributed by atoms with Crippen LogP contribution >= 0.6 is 23.2 Å². The second-order valence-electron chi connectivity index (χ2n) is 6.19. The molecular formula is C20H24Cl2N4O2. The number of unbranched alkanes of at least 4 members (excludes halogenated alkanes) is 3. The van der Waals surface area contributed by atoms with Crippen LogP contribution in [0.4, 0.5) is 21.0 Å². The zero-order valence-electron chi connectivity index (χ0n) is 15.4. The molecule has 28 heavy (non-hydrogen) atoms. The zero-order valence-corrected chi connectivity index (χ0v) is 16.9. The van der Waals surface area contributed by atoms with E-state index in [2.05, 4.69) is 21.3 Å². The topological polar surface area (TPSA) is 82.3 Å². The Hall–Kier alpha value is -2.44. The van der Waals surface area contributed by atoms with E-state index in [1.165, 1.54) is 0 Å². The van der Waals surface area contributed by atoms with Crippen molar-refractivity contribution in [3.8, 4) is 0 Å². The van der Waals surface area contributed by atoms with Crippen molar-refractivity contribution in [1.29, 1.82) is 0 Å². The van der Waals surface area contributed by atoms with Crippen molar-refractivity contribution in [3.63, 3.8) is 0 Å². The highest BCUT2D eigenvalue weighted by Gasteiger charge is 2.02. The number of halogens is 2. The fraction of sp³-hybridized carbons (Fsp3) is 0.300. The van der Waals surface area contributed by atoms with Crippen LogP contribution in [0.15, 0.2) is 48.5 Å². The first-order valence-corrected chi connectivity index (χ1v) is 9.89. The molecule has 0 saturated heterocycles. The molecule has 0 saturated carbocycles. The highest BCUT2D eigenvalue weighted by Crippen LogP contribution is 2.14. The Balaban J connectivity index is 1.45. The molecule has 2 aromatic carbocycles. The van der Waals surface area contributed by atoms with Gasteiger partial charge in [0.15, 0.2) is 0 Å². The van der Waals surface area contributed by atoms with E-state index >= 15 is 0 Å². The third-order valence-corrected chi connectivity index (χ3v) is 4.38. The minimum atomic E-state index is -0.233. The quantitative estimate of drug-likeness (QED) is 0.402. The van der Waals surface area contributed by atoms with E-state index in [0.29, 0.717) is 34.5 Å². The molecule has 0 aliphatic heterocycles. The fourth-order valence-corrected chi connectivity index (χ4v) is 2.68. The number of benzene rings is 2. The van der Waals surface area contributed by atoms with Gasteiger partial charge in [-0.25, -0.2) is 9.59 Å². The number of hydrogen-bond donors (Lipinski definition) is 4. The maximum Gasteiger partial charge on any atom is 0.319 e. The molecule has 0 bridgehead atoms. The lowest BCUT2D eigenvalue weighted by Gasteiger charge is -2.09. The van der Waals surface area contributed by atoms with Crippen molar-refractivity contribution in [2.24, 2.45) is 0 Å². The number of carbonyl (C=O) groups excluding carboxylic acids is 2. The standard InChI is InChI=1S/C20H24Cl2N4O2/c21-15-5-9-17(10-6-15)25-19(27)23-13-3-1-2-4-14-24-20(28)26-18-11-7-16(22)8-12-18/h5-12H,1-4,13-14H2,(H2,23,25,27)(H2,24,26,28). The highest BCUT2D eigenvalue weighted by molar-refractivity contribution is 6.30. The van der Waals surface area contributed by atoms with E-state index in [0.717, 1.165) is 25.7 Å². The number of amides is 4. The first-order valence-electron chi connectivity index (χ1n) is 9.14. The summed E-state index contributed by atoms with van der Waals surface area (Å²) in [7, 11) is 0. The predicted octanol–water partition coefficient (Wildman–Crippen LogP) is 5.50. The highest BCUT2D eigenvalue weighted by atomic mass is 35.5. The molecule has 6 nitrogen and oxygen atoms in total. The number of nitrogens with one attached hydrogen (secondary N) is 4. The predicted molar refractivity (Wildman–Crippen MR) is 115 cm³/mol. The van der Waals surface area contributed by atoms with Crippen LogP contribution in [0, 0.1) is 0 Å². The van der Waals surface area contributed by atoms with Gasteiger partial charge in [0, 0.05) is 34.5 Å². The fourth-order valence-electron chi connectivity index (χ4n) is 2.42. The SMILES string of the molecule is O=C(NCCCCCCNC(=O)Nc1ccc(Cl)cc1)Nc1ccc(Cl)cc1. The lowest BCUT2D eigenvalue weighted by Crippen LogP contribution is -2.30. The van der Waals surface area contributed by atoms with E-state index in [-0.39, 0.29) is 12.1 Å². The molecule has 150 valence electrons. The number of hydrogen-bond acceptors (Lipinski definition) is 2. The lowest BCUT2D eigenvalue weighted by atomic mass is 10.2. The molecule has 8 heteroatoms. The molecule has 0 heterocycles. The van der Waals surface area contributed by atoms with Gasteiger partial charge in [0.25, 0.3) is 0 Å². The van der Waals surface area contributed by atoms with Crippen LogP contribution in [0.5, 0.6) is 0 Å². The van der Waals surface area contributed by atoms with Crippen LogP contribution < -0.4 is 21.3 Å². The van der Waals surface area contributed by atoms with Gasteiger partial charge in [0.1, 0.15) is 0 Å². The molecule has 0 spiro atoms. The van der Waals surface area contributed by atoms with Crippen LogP contribution in [0.2, 0.25) is 10.0 Å². The van der Waals surface area contributed by atoms with Gasteiger partial charge in [-0.05, 0) is 61.4 Å². The Bertz CT molecular complexity index is 686. The van der Waals surface area contributed by atoms with Crippen molar-refractivity contribution in [2.75, 3.05) is 23.7 Å². The summed E-state index contributed by atoms with van der Waals surface area (Å²) in [6, 6.07) is 13.4. The van der Waals surface area contributed by atoms with Gasteiger partial charge in [-0.1, -0.05) is 36.0 Å². The minimum absolute atomic E-state index is 0.233. The van der Waals surface area contributed by atoms with Crippen LogP contribution in [0.25, 0.3) is 0 Å². The van der Waals surface area contributed by atoms with Crippen molar-refractivity contribution in [2.45, 2.75) is 25.7 Å². The monoisotopic (exact) mass is 422 g/mol. The molecule has 0 aliphatic carbocycles. The maximum atomic E-state index is 11.8. The summed E-state index contributed by atoms with van der Waals surface area (Å²) >= 11 is 11.6. The van der Waals surface area contributed by atoms with E-state index in [1.807, 2.05) is 0 Å². The first-order chi connectivity index (χ1) is 13.5. The van der Waals surface area contributed by atoms with Gasteiger partial charge >= 0.3 is 12.1 Å². The number of urea groups is 2. The molecule has 0 unspecified atom stereocenters. The molecule has 0 fully saturated rings. The lowest BCUT2D eigenvalue weighted by molar-refractivity contribution is 0.250. The average Bonchev–Trinajstić information content (AvgIpc) is 2.67. The van der Waals surface area contributed by atoms with E-state index in [4.69, 9.17) is 23.2 Å². The Kier molecular flexibility index (Phi) is 9.45. The molecule has 0 radical (unpaired) electrons. The average molecular weight is 423 g/mol. The summed E-state index contributed by atoms with van der Waals surface area (Å²) in [4.78, 5) is 23.5. The number of anilines is 2. The molecule has 2 aromatic rings. The summed E-state index contributed by atoms with van der Waals surface area (Å²) in [6.07, 6.45) is 3.71. The van der Waals surface area contributed by atoms with E-state index in [1.54, 1.807) is 48.5 Å². The minimum Gasteiger partial charge on any atom is -0.338 e. The molecule has 0 atom stereocenters.